The summed E-state index contributed by atoms with van der Waals surface area (Å²) in [5, 5.41) is 9.14. The zero-order valence-electron chi connectivity index (χ0n) is 17.0. The number of hydrogen-bond acceptors (Lipinski definition) is 6. The molecule has 31 heavy (non-hydrogen) atoms. The fraction of sp³-hybridized carbons (Fsp3) is 0.273. The van der Waals surface area contributed by atoms with Gasteiger partial charge in [-0.2, -0.15) is 4.31 Å². The van der Waals surface area contributed by atoms with Crippen LogP contribution >= 0.6 is 11.3 Å². The van der Waals surface area contributed by atoms with Gasteiger partial charge < -0.3 is 10.6 Å². The smallest absolute Gasteiger partial charge is 0.253 e. The molecule has 0 bridgehead atoms. The van der Waals surface area contributed by atoms with Gasteiger partial charge in [0.15, 0.2) is 6.29 Å². The van der Waals surface area contributed by atoms with Crippen molar-refractivity contribution in [3.63, 3.8) is 0 Å². The van der Waals surface area contributed by atoms with Gasteiger partial charge in [-0.25, -0.2) is 8.42 Å². The van der Waals surface area contributed by atoms with E-state index in [1.807, 2.05) is 6.07 Å². The summed E-state index contributed by atoms with van der Waals surface area (Å²) in [7, 11) is -1.97. The van der Waals surface area contributed by atoms with Crippen LogP contribution in [0.4, 0.5) is 11.4 Å². The Bertz CT molecular complexity index is 1220. The molecule has 9 heteroatoms. The molecule has 3 aromatic rings. The Morgan fingerprint density at radius 1 is 1.13 bits per heavy atom. The predicted octanol–water partition coefficient (Wildman–Crippen LogP) is 3.94. The summed E-state index contributed by atoms with van der Waals surface area (Å²) in [6.45, 7) is 0.313. The fourth-order valence-corrected chi connectivity index (χ4v) is 6.82. The monoisotopic (exact) mass is 457 g/mol. The standard InChI is InChI=1S/C22H23N3O4S2/c1-23-18-11-10-17(16-7-4-6-15(14-26)21(16)18)24-22(27)19-8-2-3-12-25(19)31(28,29)20-9-5-13-30-20/h4-7,9-11,13-14,19,23H,2-3,8,12H2,1H3,(H,24,27). The number of piperidine rings is 1. The van der Waals surface area contributed by atoms with Crippen molar-refractivity contribution in [3.8, 4) is 0 Å². The second kappa shape index (κ2) is 8.78. The maximum absolute atomic E-state index is 13.2. The highest BCUT2D eigenvalue weighted by Gasteiger charge is 2.38. The molecule has 1 aromatic heterocycles. The lowest BCUT2D eigenvalue weighted by Gasteiger charge is -2.33. The first-order valence-electron chi connectivity index (χ1n) is 10.0. The van der Waals surface area contributed by atoms with Crippen molar-refractivity contribution in [2.24, 2.45) is 0 Å². The number of aldehydes is 1. The van der Waals surface area contributed by atoms with Crippen LogP contribution in [0.15, 0.2) is 52.1 Å². The number of nitrogens with one attached hydrogen (secondary N) is 2. The molecule has 7 nitrogen and oxygen atoms in total. The zero-order chi connectivity index (χ0) is 22.0. The summed E-state index contributed by atoms with van der Waals surface area (Å²) in [5.74, 6) is -0.366. The predicted molar refractivity (Wildman–Crippen MR) is 123 cm³/mol. The minimum atomic E-state index is -3.73. The molecule has 2 heterocycles. The normalized spacial score (nSPS) is 17.4. The van der Waals surface area contributed by atoms with Crippen LogP contribution in [0.1, 0.15) is 29.6 Å². The van der Waals surface area contributed by atoms with Crippen molar-refractivity contribution < 1.29 is 18.0 Å². The lowest BCUT2D eigenvalue weighted by atomic mass is 10.0. The Labute approximate surface area is 185 Å². The molecule has 1 aliphatic heterocycles. The minimum Gasteiger partial charge on any atom is -0.388 e. The number of hydrogen-bond donors (Lipinski definition) is 2. The molecule has 0 aliphatic carbocycles. The number of anilines is 2. The second-order valence-corrected chi connectivity index (χ2v) is 10.4. The van der Waals surface area contributed by atoms with Crippen molar-refractivity contribution in [1.82, 2.24) is 4.31 Å². The average Bonchev–Trinajstić information content (AvgIpc) is 3.35. The summed E-state index contributed by atoms with van der Waals surface area (Å²) < 4.78 is 27.8. The van der Waals surface area contributed by atoms with Crippen LogP contribution < -0.4 is 10.6 Å². The van der Waals surface area contributed by atoms with Gasteiger partial charge in [-0.1, -0.05) is 30.7 Å². The molecule has 162 valence electrons. The Morgan fingerprint density at radius 2 is 1.94 bits per heavy atom. The highest BCUT2D eigenvalue weighted by molar-refractivity contribution is 7.91. The number of rotatable bonds is 6. The number of carbonyl (C=O) groups excluding carboxylic acids is 2. The molecule has 1 unspecified atom stereocenters. The first kappa shape index (κ1) is 21.5. The van der Waals surface area contributed by atoms with Crippen LogP contribution in [0.2, 0.25) is 0 Å². The van der Waals surface area contributed by atoms with Gasteiger partial charge in [-0.05, 0) is 36.4 Å². The molecular formula is C22H23N3O4S2. The molecular weight excluding hydrogens is 434 g/mol. The number of amides is 1. The van der Waals surface area contributed by atoms with E-state index >= 15 is 0 Å². The molecule has 4 rings (SSSR count). The first-order chi connectivity index (χ1) is 15.0. The van der Waals surface area contributed by atoms with E-state index in [9.17, 15) is 18.0 Å². The van der Waals surface area contributed by atoms with E-state index < -0.39 is 16.1 Å². The lowest BCUT2D eigenvalue weighted by molar-refractivity contribution is -0.120. The lowest BCUT2D eigenvalue weighted by Crippen LogP contribution is -2.49. The van der Waals surface area contributed by atoms with Gasteiger partial charge in [0, 0.05) is 41.3 Å². The molecule has 1 aliphatic rings. The highest BCUT2D eigenvalue weighted by Crippen LogP contribution is 2.33. The van der Waals surface area contributed by atoms with E-state index in [2.05, 4.69) is 10.6 Å². The third kappa shape index (κ3) is 3.96. The van der Waals surface area contributed by atoms with Crippen LogP contribution in [-0.4, -0.2) is 44.6 Å². The second-order valence-electron chi connectivity index (χ2n) is 7.35. The van der Waals surface area contributed by atoms with Crippen LogP contribution in [-0.2, 0) is 14.8 Å². The van der Waals surface area contributed by atoms with Crippen molar-refractivity contribution in [3.05, 3.63) is 53.4 Å². The summed E-state index contributed by atoms with van der Waals surface area (Å²) >= 11 is 1.15. The summed E-state index contributed by atoms with van der Waals surface area (Å²) in [6, 6.07) is 11.3. The van der Waals surface area contributed by atoms with Gasteiger partial charge in [0.25, 0.3) is 10.0 Å². The fourth-order valence-electron chi connectivity index (χ4n) is 4.05. The molecule has 0 saturated carbocycles. The molecule has 1 atom stereocenters. The van der Waals surface area contributed by atoms with Crippen molar-refractivity contribution in [1.29, 1.82) is 0 Å². The van der Waals surface area contributed by atoms with E-state index in [0.717, 1.165) is 36.2 Å². The van der Waals surface area contributed by atoms with Crippen molar-refractivity contribution in [2.75, 3.05) is 24.2 Å². The van der Waals surface area contributed by atoms with E-state index in [-0.39, 0.29) is 10.1 Å². The third-order valence-corrected chi connectivity index (χ3v) is 8.82. The van der Waals surface area contributed by atoms with E-state index in [0.29, 0.717) is 35.0 Å². The van der Waals surface area contributed by atoms with Crippen LogP contribution in [0.25, 0.3) is 10.8 Å². The number of thiophene rings is 1. The van der Waals surface area contributed by atoms with Gasteiger partial charge in [0.05, 0.1) is 0 Å². The molecule has 1 amide bonds. The van der Waals surface area contributed by atoms with Crippen molar-refractivity contribution >= 4 is 55.7 Å². The summed E-state index contributed by atoms with van der Waals surface area (Å²) in [4.78, 5) is 24.8. The molecule has 1 fully saturated rings. The number of carbonyl (C=O) groups is 2. The number of sulfonamides is 1. The number of benzene rings is 2. The third-order valence-electron chi connectivity index (χ3n) is 5.54. The van der Waals surface area contributed by atoms with Gasteiger partial charge in [0.1, 0.15) is 10.3 Å². The van der Waals surface area contributed by atoms with E-state index in [1.54, 1.807) is 48.8 Å². The summed E-state index contributed by atoms with van der Waals surface area (Å²) in [5.41, 5.74) is 1.83. The summed E-state index contributed by atoms with van der Waals surface area (Å²) in [6.07, 6.45) is 2.74. The van der Waals surface area contributed by atoms with Crippen LogP contribution in [0.3, 0.4) is 0 Å². The molecule has 0 radical (unpaired) electrons. The van der Waals surface area contributed by atoms with Gasteiger partial charge in [-0.3, -0.25) is 9.59 Å². The van der Waals surface area contributed by atoms with Crippen LogP contribution in [0.5, 0.6) is 0 Å². The van der Waals surface area contributed by atoms with Gasteiger partial charge in [0.2, 0.25) is 5.91 Å². The van der Waals surface area contributed by atoms with Crippen molar-refractivity contribution in [2.45, 2.75) is 29.5 Å². The Balaban J connectivity index is 1.69. The molecule has 2 N–H and O–H groups in total. The first-order valence-corrected chi connectivity index (χ1v) is 12.3. The highest BCUT2D eigenvalue weighted by atomic mass is 32.2. The Morgan fingerprint density at radius 3 is 2.65 bits per heavy atom. The van der Waals surface area contributed by atoms with E-state index in [1.165, 1.54) is 4.31 Å². The van der Waals surface area contributed by atoms with Gasteiger partial charge in [-0.15, -0.1) is 11.3 Å². The molecule has 2 aromatic carbocycles. The molecule has 1 saturated heterocycles. The average molecular weight is 458 g/mol. The zero-order valence-corrected chi connectivity index (χ0v) is 18.6. The largest absolute Gasteiger partial charge is 0.388 e. The topological polar surface area (TPSA) is 95.6 Å². The maximum Gasteiger partial charge on any atom is 0.253 e. The number of nitrogens with zero attached hydrogens (tertiary/aromatic N) is 1. The van der Waals surface area contributed by atoms with E-state index in [4.69, 9.17) is 0 Å². The Hall–Kier alpha value is -2.75. The SMILES string of the molecule is CNc1ccc(NC(=O)C2CCCCN2S(=O)(=O)c2cccs2)c2cccc(C=O)c12. The maximum atomic E-state index is 13.2. The quantitative estimate of drug-likeness (QED) is 0.547. The number of fused-ring (bicyclic) bond motifs is 1. The Kier molecular flexibility index (Phi) is 6.08. The van der Waals surface area contributed by atoms with Gasteiger partial charge >= 0.3 is 0 Å². The van der Waals surface area contributed by atoms with Crippen LogP contribution in [0, 0.1) is 0 Å². The molecule has 0 spiro atoms. The minimum absolute atomic E-state index is 0.242.